The van der Waals surface area contributed by atoms with E-state index in [1.807, 2.05) is 18.2 Å². The van der Waals surface area contributed by atoms with E-state index in [0.717, 1.165) is 40.3 Å². The summed E-state index contributed by atoms with van der Waals surface area (Å²) >= 11 is 1.79. The molecule has 2 N–H and O–H groups in total. The molecule has 0 aliphatic carbocycles. The van der Waals surface area contributed by atoms with Crippen LogP contribution in [0.15, 0.2) is 24.3 Å². The summed E-state index contributed by atoms with van der Waals surface area (Å²) in [4.78, 5) is 4.44. The molecule has 1 heterocycles. The smallest absolute Gasteiger partial charge is 0.128 e. The summed E-state index contributed by atoms with van der Waals surface area (Å²) in [6.07, 6.45) is 0. The highest BCUT2D eigenvalue weighted by atomic mass is 32.2. The molecule has 4 nitrogen and oxygen atoms in total. The quantitative estimate of drug-likeness (QED) is 0.823. The lowest BCUT2D eigenvalue weighted by molar-refractivity contribution is 0.218. The molecule has 0 fully saturated rings. The predicted octanol–water partition coefficient (Wildman–Crippen LogP) is 2.71. The van der Waals surface area contributed by atoms with Crippen molar-refractivity contribution in [3.8, 4) is 5.75 Å². The van der Waals surface area contributed by atoms with Gasteiger partial charge in [-0.15, -0.1) is 0 Å². The van der Waals surface area contributed by atoms with Crippen molar-refractivity contribution in [2.45, 2.75) is 5.75 Å². The number of pyridine rings is 1. The Labute approximate surface area is 117 Å². The number of methoxy groups -OCH3 is 2. The highest BCUT2D eigenvalue weighted by Crippen LogP contribution is 2.25. The largest absolute Gasteiger partial charge is 0.497 e. The molecule has 5 heteroatoms. The monoisotopic (exact) mass is 278 g/mol. The lowest BCUT2D eigenvalue weighted by Crippen LogP contribution is -1.99. The topological polar surface area (TPSA) is 57.4 Å². The van der Waals surface area contributed by atoms with Crippen LogP contribution in [0.5, 0.6) is 5.75 Å². The van der Waals surface area contributed by atoms with Crippen molar-refractivity contribution in [3.05, 3.63) is 29.8 Å². The van der Waals surface area contributed by atoms with E-state index in [-0.39, 0.29) is 0 Å². The van der Waals surface area contributed by atoms with Crippen molar-refractivity contribution >= 4 is 28.5 Å². The average Bonchev–Trinajstić information content (AvgIpc) is 2.43. The van der Waals surface area contributed by atoms with Gasteiger partial charge in [-0.25, -0.2) is 4.98 Å². The third kappa shape index (κ3) is 3.52. The van der Waals surface area contributed by atoms with Gasteiger partial charge in [0.1, 0.15) is 11.6 Å². The van der Waals surface area contributed by atoms with Gasteiger partial charge in [0.15, 0.2) is 0 Å². The van der Waals surface area contributed by atoms with E-state index in [1.165, 1.54) is 0 Å². The number of nitrogens with zero attached hydrogens (tertiary/aromatic N) is 1. The normalized spacial score (nSPS) is 10.8. The van der Waals surface area contributed by atoms with E-state index in [1.54, 1.807) is 26.0 Å². The fourth-order valence-corrected chi connectivity index (χ4v) is 2.65. The molecule has 0 aliphatic heterocycles. The Morgan fingerprint density at radius 2 is 2.11 bits per heavy atom. The SMILES string of the molecule is COCCSCc1cc2ccc(OC)cc2nc1N. The van der Waals surface area contributed by atoms with Gasteiger partial charge < -0.3 is 15.2 Å². The Balaban J connectivity index is 2.19. The van der Waals surface area contributed by atoms with Gasteiger partial charge in [-0.1, -0.05) is 0 Å². The molecule has 1 aromatic carbocycles. The van der Waals surface area contributed by atoms with Crippen LogP contribution in [0.3, 0.4) is 0 Å². The minimum Gasteiger partial charge on any atom is -0.497 e. The van der Waals surface area contributed by atoms with E-state index in [9.17, 15) is 0 Å². The molecule has 2 aromatic rings. The Kier molecular flexibility index (Phi) is 4.87. The van der Waals surface area contributed by atoms with Crippen LogP contribution in [0, 0.1) is 0 Å². The summed E-state index contributed by atoms with van der Waals surface area (Å²) in [5.74, 6) is 3.19. The molecule has 19 heavy (non-hydrogen) atoms. The van der Waals surface area contributed by atoms with Crippen molar-refractivity contribution in [2.75, 3.05) is 32.3 Å². The Morgan fingerprint density at radius 3 is 2.84 bits per heavy atom. The van der Waals surface area contributed by atoms with Crippen molar-refractivity contribution in [2.24, 2.45) is 0 Å². The third-order valence-corrected chi connectivity index (χ3v) is 3.80. The van der Waals surface area contributed by atoms with Gasteiger partial charge in [-0.2, -0.15) is 11.8 Å². The molecule has 0 atom stereocenters. The van der Waals surface area contributed by atoms with Crippen LogP contribution in [-0.2, 0) is 10.5 Å². The van der Waals surface area contributed by atoms with Gasteiger partial charge >= 0.3 is 0 Å². The van der Waals surface area contributed by atoms with E-state index in [2.05, 4.69) is 11.1 Å². The van der Waals surface area contributed by atoms with Crippen molar-refractivity contribution in [1.29, 1.82) is 0 Å². The van der Waals surface area contributed by atoms with Crippen LogP contribution in [0.25, 0.3) is 10.9 Å². The van der Waals surface area contributed by atoms with Gasteiger partial charge in [-0.3, -0.25) is 0 Å². The lowest BCUT2D eigenvalue weighted by Gasteiger charge is -2.08. The summed E-state index contributed by atoms with van der Waals surface area (Å²) in [6, 6.07) is 7.93. The zero-order valence-electron chi connectivity index (χ0n) is 11.2. The number of aromatic nitrogens is 1. The van der Waals surface area contributed by atoms with Gasteiger partial charge in [-0.05, 0) is 18.2 Å². The zero-order chi connectivity index (χ0) is 13.7. The number of hydrogen-bond donors (Lipinski definition) is 1. The number of hydrogen-bond acceptors (Lipinski definition) is 5. The highest BCUT2D eigenvalue weighted by Gasteiger charge is 2.05. The molecule has 0 saturated heterocycles. The summed E-state index contributed by atoms with van der Waals surface area (Å²) in [7, 11) is 3.35. The maximum atomic E-state index is 6.00. The van der Waals surface area contributed by atoms with Crippen molar-refractivity contribution in [3.63, 3.8) is 0 Å². The second-order valence-electron chi connectivity index (χ2n) is 4.14. The van der Waals surface area contributed by atoms with Gasteiger partial charge in [0, 0.05) is 35.6 Å². The van der Waals surface area contributed by atoms with Crippen molar-refractivity contribution in [1.82, 2.24) is 4.98 Å². The average molecular weight is 278 g/mol. The molecule has 0 saturated carbocycles. The number of thioether (sulfide) groups is 1. The Bertz CT molecular complexity index is 560. The maximum absolute atomic E-state index is 6.00. The molecule has 102 valence electrons. The predicted molar refractivity (Wildman–Crippen MR) is 80.7 cm³/mol. The molecule has 2 rings (SSSR count). The number of benzene rings is 1. The molecule has 0 aliphatic rings. The Hall–Kier alpha value is -1.46. The number of anilines is 1. The number of nitrogen functional groups attached to an aromatic ring is 1. The summed E-state index contributed by atoms with van der Waals surface area (Å²) < 4.78 is 10.2. The van der Waals surface area contributed by atoms with Crippen LogP contribution in [0.2, 0.25) is 0 Å². The van der Waals surface area contributed by atoms with Crippen LogP contribution in [-0.4, -0.2) is 31.6 Å². The zero-order valence-corrected chi connectivity index (χ0v) is 12.0. The van der Waals surface area contributed by atoms with Gasteiger partial charge in [0.05, 0.1) is 19.2 Å². The molecule has 0 amide bonds. The first-order chi connectivity index (χ1) is 9.24. The van der Waals surface area contributed by atoms with Crippen LogP contribution in [0.1, 0.15) is 5.56 Å². The van der Waals surface area contributed by atoms with Gasteiger partial charge in [0.2, 0.25) is 0 Å². The van der Waals surface area contributed by atoms with E-state index in [0.29, 0.717) is 5.82 Å². The van der Waals surface area contributed by atoms with E-state index >= 15 is 0 Å². The second-order valence-corrected chi connectivity index (χ2v) is 5.24. The number of ether oxygens (including phenoxy) is 2. The summed E-state index contributed by atoms with van der Waals surface area (Å²) in [5, 5.41) is 1.08. The fourth-order valence-electron chi connectivity index (χ4n) is 1.77. The van der Waals surface area contributed by atoms with Gasteiger partial charge in [0.25, 0.3) is 0 Å². The van der Waals surface area contributed by atoms with Crippen LogP contribution in [0.4, 0.5) is 5.82 Å². The summed E-state index contributed by atoms with van der Waals surface area (Å²) in [5.41, 5.74) is 7.93. The third-order valence-electron chi connectivity index (χ3n) is 2.83. The van der Waals surface area contributed by atoms with Crippen LogP contribution < -0.4 is 10.5 Å². The van der Waals surface area contributed by atoms with E-state index < -0.39 is 0 Å². The second kappa shape index (κ2) is 6.63. The molecule has 0 unspecified atom stereocenters. The fraction of sp³-hybridized carbons (Fsp3) is 0.357. The lowest BCUT2D eigenvalue weighted by atomic mass is 10.1. The number of fused-ring (bicyclic) bond motifs is 1. The standard InChI is InChI=1S/C14H18N2O2S/c1-17-5-6-19-9-11-7-10-3-4-12(18-2)8-13(10)16-14(11)15/h3-4,7-8H,5-6,9H2,1-2H3,(H2,15,16). The first kappa shape index (κ1) is 14.0. The van der Waals surface area contributed by atoms with Crippen molar-refractivity contribution < 1.29 is 9.47 Å². The number of rotatable bonds is 6. The first-order valence-corrected chi connectivity index (χ1v) is 7.20. The first-order valence-electron chi connectivity index (χ1n) is 6.04. The molecule has 0 bridgehead atoms. The van der Waals surface area contributed by atoms with Crippen LogP contribution >= 0.6 is 11.8 Å². The molecule has 1 aromatic heterocycles. The minimum absolute atomic E-state index is 0.589. The van der Waals surface area contributed by atoms with E-state index in [4.69, 9.17) is 15.2 Å². The molecule has 0 spiro atoms. The minimum atomic E-state index is 0.589. The number of nitrogens with two attached hydrogens (primary N) is 1. The maximum Gasteiger partial charge on any atom is 0.128 e. The summed E-state index contributed by atoms with van der Waals surface area (Å²) in [6.45, 7) is 0.753. The molecular formula is C14H18N2O2S. The highest BCUT2D eigenvalue weighted by molar-refractivity contribution is 7.98. The molecular weight excluding hydrogens is 260 g/mol. The Morgan fingerprint density at radius 1 is 1.26 bits per heavy atom. The molecule has 0 radical (unpaired) electrons.